The Bertz CT molecular complexity index is 248. The highest BCUT2D eigenvalue weighted by Gasteiger charge is 2.01. The minimum absolute atomic E-state index is 0.160. The smallest absolute Gasteiger partial charge is 0.120 e. The fraction of sp³-hybridized carbons (Fsp3) is 0.143. The third kappa shape index (κ3) is 1.91. The van der Waals surface area contributed by atoms with Crippen molar-refractivity contribution in [3.8, 4) is 0 Å². The van der Waals surface area contributed by atoms with E-state index in [1.807, 2.05) is 0 Å². The van der Waals surface area contributed by atoms with Crippen molar-refractivity contribution in [1.82, 2.24) is 4.98 Å². The molecule has 1 aromatic heterocycles. The maximum atomic E-state index is 8.44. The lowest BCUT2D eigenvalue weighted by Gasteiger charge is -1.96. The summed E-state index contributed by atoms with van der Waals surface area (Å²) in [4.78, 5) is 3.95. The van der Waals surface area contributed by atoms with Crippen molar-refractivity contribution in [2.24, 2.45) is 5.16 Å². The van der Waals surface area contributed by atoms with Crippen LogP contribution >= 0.6 is 11.6 Å². The predicted molar refractivity (Wildman–Crippen MR) is 43.3 cm³/mol. The first kappa shape index (κ1) is 8.01. The lowest BCUT2D eigenvalue weighted by Crippen LogP contribution is -2.04. The molecule has 0 aliphatic rings. The summed E-state index contributed by atoms with van der Waals surface area (Å²) in [6, 6.07) is 5.32. The number of pyridine rings is 1. The van der Waals surface area contributed by atoms with Crippen LogP contribution in [0.5, 0.6) is 0 Å². The molecule has 0 spiro atoms. The Morgan fingerprint density at radius 1 is 1.64 bits per heavy atom. The molecular weight excluding hydrogens is 164 g/mol. The van der Waals surface area contributed by atoms with E-state index in [4.69, 9.17) is 16.8 Å². The van der Waals surface area contributed by atoms with E-state index in [2.05, 4.69) is 10.1 Å². The van der Waals surface area contributed by atoms with Crippen molar-refractivity contribution >= 4 is 17.3 Å². The van der Waals surface area contributed by atoms with Crippen LogP contribution in [0.1, 0.15) is 5.69 Å². The lowest BCUT2D eigenvalue weighted by atomic mass is 10.3. The Kier molecular flexibility index (Phi) is 2.86. The largest absolute Gasteiger partial charge is 0.411 e. The molecule has 0 aromatic carbocycles. The van der Waals surface area contributed by atoms with Crippen LogP contribution in [0.2, 0.25) is 0 Å². The molecule has 58 valence electrons. The van der Waals surface area contributed by atoms with Gasteiger partial charge in [-0.15, -0.1) is 11.6 Å². The predicted octanol–water partition coefficient (Wildman–Crippen LogP) is 1.50. The molecule has 1 heterocycles. The zero-order chi connectivity index (χ0) is 8.10. The van der Waals surface area contributed by atoms with Crippen molar-refractivity contribution in [2.45, 2.75) is 0 Å². The maximum Gasteiger partial charge on any atom is 0.120 e. The molecule has 0 unspecified atom stereocenters. The van der Waals surface area contributed by atoms with Gasteiger partial charge in [0.1, 0.15) is 5.71 Å². The standard InChI is InChI=1S/C7H7ClN2O/c8-5-7(10-11)6-3-1-2-4-9-6/h1-4,11H,5H2. The summed E-state index contributed by atoms with van der Waals surface area (Å²) in [5.74, 6) is 0.160. The number of hydrogen-bond acceptors (Lipinski definition) is 3. The van der Waals surface area contributed by atoms with Crippen LogP contribution in [0.25, 0.3) is 0 Å². The normalized spacial score (nSPS) is 11.5. The second-order valence-electron chi connectivity index (χ2n) is 1.90. The van der Waals surface area contributed by atoms with Crippen LogP contribution in [0.15, 0.2) is 29.6 Å². The van der Waals surface area contributed by atoms with E-state index >= 15 is 0 Å². The quantitative estimate of drug-likeness (QED) is 0.317. The van der Waals surface area contributed by atoms with Crippen LogP contribution in [-0.4, -0.2) is 21.8 Å². The fourth-order valence-electron chi connectivity index (χ4n) is 0.680. The Hall–Kier alpha value is -1.09. The summed E-state index contributed by atoms with van der Waals surface area (Å²) < 4.78 is 0. The zero-order valence-electron chi connectivity index (χ0n) is 5.74. The molecule has 0 saturated heterocycles. The number of oxime groups is 1. The molecule has 0 radical (unpaired) electrons. The van der Waals surface area contributed by atoms with Crippen molar-refractivity contribution in [1.29, 1.82) is 0 Å². The molecule has 0 fully saturated rings. The number of aromatic nitrogens is 1. The van der Waals surface area contributed by atoms with Crippen LogP contribution < -0.4 is 0 Å². The second kappa shape index (κ2) is 3.93. The van der Waals surface area contributed by atoms with Crippen LogP contribution in [-0.2, 0) is 0 Å². The first-order valence-electron chi connectivity index (χ1n) is 3.06. The van der Waals surface area contributed by atoms with Crippen molar-refractivity contribution in [2.75, 3.05) is 5.88 Å². The zero-order valence-corrected chi connectivity index (χ0v) is 6.49. The van der Waals surface area contributed by atoms with Gasteiger partial charge in [-0.25, -0.2) is 0 Å². The molecule has 3 nitrogen and oxygen atoms in total. The molecular formula is C7H7ClN2O. The molecule has 0 saturated carbocycles. The van der Waals surface area contributed by atoms with Gasteiger partial charge in [-0.3, -0.25) is 4.98 Å². The topological polar surface area (TPSA) is 45.5 Å². The Labute approximate surface area is 69.3 Å². The first-order chi connectivity index (χ1) is 5.38. The number of nitrogens with zero attached hydrogens (tertiary/aromatic N) is 2. The lowest BCUT2D eigenvalue weighted by molar-refractivity contribution is 0.319. The molecule has 1 N–H and O–H groups in total. The first-order valence-corrected chi connectivity index (χ1v) is 3.60. The van der Waals surface area contributed by atoms with Gasteiger partial charge in [0.15, 0.2) is 0 Å². The number of hydrogen-bond donors (Lipinski definition) is 1. The van der Waals surface area contributed by atoms with Gasteiger partial charge in [0.25, 0.3) is 0 Å². The van der Waals surface area contributed by atoms with E-state index in [1.54, 1.807) is 24.4 Å². The molecule has 11 heavy (non-hydrogen) atoms. The van der Waals surface area contributed by atoms with E-state index < -0.39 is 0 Å². The summed E-state index contributed by atoms with van der Waals surface area (Å²) >= 11 is 5.47. The van der Waals surface area contributed by atoms with E-state index in [0.29, 0.717) is 11.4 Å². The van der Waals surface area contributed by atoms with Gasteiger partial charge in [-0.05, 0) is 12.1 Å². The average molecular weight is 171 g/mol. The summed E-state index contributed by atoms with van der Waals surface area (Å²) in [5.41, 5.74) is 0.984. The van der Waals surface area contributed by atoms with Gasteiger partial charge < -0.3 is 5.21 Å². The molecule has 4 heteroatoms. The fourth-order valence-corrected chi connectivity index (χ4v) is 0.870. The van der Waals surface area contributed by atoms with Gasteiger partial charge >= 0.3 is 0 Å². The molecule has 0 aliphatic heterocycles. The van der Waals surface area contributed by atoms with Crippen molar-refractivity contribution in [3.63, 3.8) is 0 Å². The summed E-state index contributed by atoms with van der Waals surface area (Å²) in [7, 11) is 0. The number of alkyl halides is 1. The molecule has 1 aromatic rings. The van der Waals surface area contributed by atoms with Crippen LogP contribution in [0.4, 0.5) is 0 Å². The average Bonchev–Trinajstić information content (AvgIpc) is 2.09. The third-order valence-electron chi connectivity index (χ3n) is 1.21. The minimum Gasteiger partial charge on any atom is -0.411 e. The SMILES string of the molecule is ON=C(CCl)c1ccccn1. The number of rotatable bonds is 2. The monoisotopic (exact) mass is 170 g/mol. The van der Waals surface area contributed by atoms with Gasteiger partial charge in [0.2, 0.25) is 0 Å². The van der Waals surface area contributed by atoms with E-state index in [-0.39, 0.29) is 5.88 Å². The molecule has 0 atom stereocenters. The molecule has 0 aliphatic carbocycles. The van der Waals surface area contributed by atoms with Gasteiger partial charge in [0.05, 0.1) is 11.6 Å². The van der Waals surface area contributed by atoms with Crippen LogP contribution in [0.3, 0.4) is 0 Å². The Balaban J connectivity index is 2.92. The van der Waals surface area contributed by atoms with Gasteiger partial charge in [-0.1, -0.05) is 11.2 Å². The summed E-state index contributed by atoms with van der Waals surface area (Å²) in [6.45, 7) is 0. The molecule has 1 rings (SSSR count). The third-order valence-corrected chi connectivity index (χ3v) is 1.46. The van der Waals surface area contributed by atoms with Crippen molar-refractivity contribution < 1.29 is 5.21 Å². The van der Waals surface area contributed by atoms with E-state index in [9.17, 15) is 0 Å². The maximum absolute atomic E-state index is 8.44. The molecule has 0 bridgehead atoms. The Morgan fingerprint density at radius 3 is 2.91 bits per heavy atom. The molecule has 0 amide bonds. The van der Waals surface area contributed by atoms with Gasteiger partial charge in [-0.2, -0.15) is 0 Å². The minimum atomic E-state index is 0.160. The summed E-state index contributed by atoms with van der Waals surface area (Å²) in [6.07, 6.45) is 1.62. The van der Waals surface area contributed by atoms with E-state index in [1.165, 1.54) is 0 Å². The highest BCUT2D eigenvalue weighted by Crippen LogP contribution is 1.97. The number of halogens is 1. The van der Waals surface area contributed by atoms with Crippen molar-refractivity contribution in [3.05, 3.63) is 30.1 Å². The van der Waals surface area contributed by atoms with Crippen LogP contribution in [0, 0.1) is 0 Å². The summed E-state index contributed by atoms with van der Waals surface area (Å²) in [5, 5.41) is 11.4. The van der Waals surface area contributed by atoms with Gasteiger partial charge in [0, 0.05) is 6.20 Å². The highest BCUT2D eigenvalue weighted by molar-refractivity contribution is 6.31. The second-order valence-corrected chi connectivity index (χ2v) is 2.16. The highest BCUT2D eigenvalue weighted by atomic mass is 35.5. The van der Waals surface area contributed by atoms with E-state index in [0.717, 1.165) is 0 Å². The Morgan fingerprint density at radius 2 is 2.45 bits per heavy atom.